The summed E-state index contributed by atoms with van der Waals surface area (Å²) < 4.78 is 0. The maximum absolute atomic E-state index is 0. The van der Waals surface area contributed by atoms with E-state index < -0.39 is 0 Å². The maximum Gasteiger partial charge on any atom is 0 e. The third kappa shape index (κ3) is 9.12. The third-order valence-electron chi connectivity index (χ3n) is 0. The predicted molar refractivity (Wildman–Crippen MR) is 6.73 cm³/mol. The van der Waals surface area contributed by atoms with E-state index in [0.717, 1.165) is 0 Å². The van der Waals surface area contributed by atoms with E-state index in [1.807, 2.05) is 0 Å². The standard InChI is InChI=1S/CH4.Fe.Pd.Pt/h1H4;;;. The predicted octanol–water partition coefficient (Wildman–Crippen LogP) is 0.629. The summed E-state index contributed by atoms with van der Waals surface area (Å²) in [5.41, 5.74) is 0. The first-order chi connectivity index (χ1) is 0. The first kappa shape index (κ1) is 39.8. The zero-order valence-electron chi connectivity index (χ0n) is 0.986. The van der Waals surface area contributed by atoms with E-state index in [-0.39, 0.29) is 66.0 Å². The summed E-state index contributed by atoms with van der Waals surface area (Å²) in [5.74, 6) is 0. The summed E-state index contributed by atoms with van der Waals surface area (Å²) in [6, 6.07) is 0. The molecule has 0 bridgehead atoms. The van der Waals surface area contributed by atoms with Crippen molar-refractivity contribution in [3.63, 3.8) is 0 Å². The van der Waals surface area contributed by atoms with Crippen molar-refractivity contribution in [1.29, 1.82) is 0 Å². The van der Waals surface area contributed by atoms with Crippen LogP contribution in [0.3, 0.4) is 0 Å². The number of hydrogen-bond acceptors (Lipinski definition) is 0. The topological polar surface area (TPSA) is 0 Å². The van der Waals surface area contributed by atoms with Crippen LogP contribution < -0.4 is 0 Å². The molecule has 0 nitrogen and oxygen atoms in total. The number of hydrogen-bond donors (Lipinski definition) is 0. The second-order valence-corrected chi connectivity index (χ2v) is 0. The van der Waals surface area contributed by atoms with Crippen molar-refractivity contribution in [2.75, 3.05) is 0 Å². The molecule has 0 radical (unpaired) electrons. The largest absolute Gasteiger partial charge is 0.0776 e. The second kappa shape index (κ2) is 20.9. The third-order valence-corrected chi connectivity index (χ3v) is 0. The molecule has 0 aromatic heterocycles. The summed E-state index contributed by atoms with van der Waals surface area (Å²) in [7, 11) is 0. The van der Waals surface area contributed by atoms with Crippen molar-refractivity contribution in [2.45, 2.75) is 7.43 Å². The molecule has 0 atom stereocenters. The minimum absolute atomic E-state index is 0. The molecule has 36 valence electrons. The zero-order chi connectivity index (χ0) is 0. The van der Waals surface area contributed by atoms with Gasteiger partial charge in [-0.1, -0.05) is 7.43 Å². The molecule has 0 saturated carbocycles. The Bertz CT molecular complexity index is 8.00. The Morgan fingerprint density at radius 3 is 1.00 bits per heavy atom. The Labute approximate surface area is 65.5 Å². The van der Waals surface area contributed by atoms with Gasteiger partial charge in [0.1, 0.15) is 0 Å². The van der Waals surface area contributed by atoms with Crippen LogP contribution in [0.4, 0.5) is 0 Å². The minimum Gasteiger partial charge on any atom is -0.0776 e. The van der Waals surface area contributed by atoms with Crippen LogP contribution in [0.2, 0.25) is 0 Å². The van der Waals surface area contributed by atoms with Gasteiger partial charge in [0.05, 0.1) is 0 Å². The molecule has 0 spiro atoms. The summed E-state index contributed by atoms with van der Waals surface area (Å²) in [6.45, 7) is 0. The fourth-order valence-electron chi connectivity index (χ4n) is 0. The van der Waals surface area contributed by atoms with Crippen molar-refractivity contribution >= 4 is 0 Å². The van der Waals surface area contributed by atoms with E-state index in [1.165, 1.54) is 0 Å². The quantitative estimate of drug-likeness (QED) is 0.547. The molecule has 3 heteroatoms. The second-order valence-electron chi connectivity index (χ2n) is 0. The van der Waals surface area contributed by atoms with Gasteiger partial charge in [-0.2, -0.15) is 0 Å². The average Bonchev–Trinajstić information content (AvgIpc) is 0. The normalized spacial score (nSPS) is 0. The molecule has 0 aliphatic carbocycles. The molecular formula is CH4FePdPt. The molecule has 0 saturated heterocycles. The Morgan fingerprint density at radius 2 is 1.00 bits per heavy atom. The van der Waals surface area contributed by atoms with Crippen LogP contribution in [-0.4, -0.2) is 0 Å². The molecule has 0 aliphatic rings. The van der Waals surface area contributed by atoms with E-state index in [2.05, 4.69) is 0 Å². The minimum atomic E-state index is 0. The van der Waals surface area contributed by atoms with Crippen molar-refractivity contribution in [3.05, 3.63) is 0 Å². The van der Waals surface area contributed by atoms with E-state index in [9.17, 15) is 0 Å². The van der Waals surface area contributed by atoms with Gasteiger partial charge in [-0.3, -0.25) is 0 Å². The Morgan fingerprint density at radius 1 is 1.00 bits per heavy atom. The van der Waals surface area contributed by atoms with E-state index in [4.69, 9.17) is 0 Å². The fraction of sp³-hybridized carbons (Fsp3) is 1.00. The summed E-state index contributed by atoms with van der Waals surface area (Å²) in [6.07, 6.45) is 0. The molecule has 0 rings (SSSR count). The van der Waals surface area contributed by atoms with Crippen LogP contribution in [0.1, 0.15) is 7.43 Å². The van der Waals surface area contributed by atoms with Gasteiger partial charge in [0, 0.05) is 58.6 Å². The summed E-state index contributed by atoms with van der Waals surface area (Å²) >= 11 is 0. The molecule has 4 heavy (non-hydrogen) atoms. The van der Waals surface area contributed by atoms with Crippen LogP contribution >= 0.6 is 0 Å². The fourth-order valence-corrected chi connectivity index (χ4v) is 0. The molecule has 0 aliphatic heterocycles. The van der Waals surface area contributed by atoms with Crippen molar-refractivity contribution in [2.24, 2.45) is 0 Å². The first-order valence-electron chi connectivity index (χ1n) is 0. The molecule has 0 N–H and O–H groups in total. The smallest absolute Gasteiger partial charge is 0 e. The van der Waals surface area contributed by atoms with E-state index in [1.54, 1.807) is 0 Å². The molecule has 0 aromatic carbocycles. The van der Waals surface area contributed by atoms with Crippen LogP contribution in [-0.2, 0) is 58.6 Å². The molecule has 0 fully saturated rings. The number of rotatable bonds is 0. The van der Waals surface area contributed by atoms with Gasteiger partial charge in [0.2, 0.25) is 0 Å². The van der Waals surface area contributed by atoms with Crippen molar-refractivity contribution in [1.82, 2.24) is 0 Å². The van der Waals surface area contributed by atoms with Gasteiger partial charge < -0.3 is 0 Å². The van der Waals surface area contributed by atoms with Crippen molar-refractivity contribution < 1.29 is 58.6 Å². The molecular weight excluding hydrogens is 369 g/mol. The molecule has 0 aromatic rings. The van der Waals surface area contributed by atoms with Crippen molar-refractivity contribution in [3.8, 4) is 0 Å². The van der Waals surface area contributed by atoms with E-state index >= 15 is 0 Å². The first-order valence-corrected chi connectivity index (χ1v) is 0. The van der Waals surface area contributed by atoms with Gasteiger partial charge in [0.25, 0.3) is 0 Å². The van der Waals surface area contributed by atoms with Crippen LogP contribution in [0.15, 0.2) is 0 Å². The molecule has 0 amide bonds. The van der Waals surface area contributed by atoms with Gasteiger partial charge in [-0.15, -0.1) is 0 Å². The average molecular weight is 373 g/mol. The SMILES string of the molecule is C.[Fe].[Pd].[Pt]. The van der Waals surface area contributed by atoms with Gasteiger partial charge >= 0.3 is 0 Å². The van der Waals surface area contributed by atoms with Gasteiger partial charge in [-0.25, -0.2) is 0 Å². The Balaban J connectivity index is 0. The molecule has 0 unspecified atom stereocenters. The monoisotopic (exact) mass is 373 g/mol. The van der Waals surface area contributed by atoms with Crippen LogP contribution in [0.5, 0.6) is 0 Å². The van der Waals surface area contributed by atoms with Gasteiger partial charge in [0.15, 0.2) is 0 Å². The van der Waals surface area contributed by atoms with Gasteiger partial charge in [-0.05, 0) is 0 Å². The summed E-state index contributed by atoms with van der Waals surface area (Å²) in [4.78, 5) is 0. The van der Waals surface area contributed by atoms with Crippen LogP contribution in [0.25, 0.3) is 0 Å². The Kier molecular flexibility index (Phi) is 208. The summed E-state index contributed by atoms with van der Waals surface area (Å²) in [5, 5.41) is 0. The maximum atomic E-state index is 0. The van der Waals surface area contributed by atoms with E-state index in [0.29, 0.717) is 0 Å². The molecule has 0 heterocycles. The van der Waals surface area contributed by atoms with Crippen LogP contribution in [0, 0.1) is 0 Å². The zero-order valence-corrected chi connectivity index (χ0v) is 5.92. The Hall–Kier alpha value is 1.87.